The Labute approximate surface area is 214 Å². The number of nitrogens with two attached hydrogens (primary N) is 1. The SMILES string of the molecule is COC(=O)c1ccc(S(=O)(=O)N2CCC(c3c[nH]c4c(C(N)=O)cc(-c5ccccc5)cc34)CC2)n1C. The molecule has 1 saturated heterocycles. The highest BCUT2D eigenvalue weighted by atomic mass is 32.2. The van der Waals surface area contributed by atoms with Gasteiger partial charge in [0, 0.05) is 31.7 Å². The molecular formula is C27H28N4O5S. The molecule has 1 aliphatic heterocycles. The number of ether oxygens (including phenoxy) is 1. The Morgan fingerprint density at radius 1 is 1.03 bits per heavy atom. The van der Waals surface area contributed by atoms with Crippen molar-refractivity contribution in [2.45, 2.75) is 23.8 Å². The topological polar surface area (TPSA) is 127 Å². The number of hydrogen-bond donors (Lipinski definition) is 2. The smallest absolute Gasteiger partial charge is 0.354 e. The van der Waals surface area contributed by atoms with E-state index in [9.17, 15) is 18.0 Å². The predicted molar refractivity (Wildman–Crippen MR) is 140 cm³/mol. The van der Waals surface area contributed by atoms with Crippen LogP contribution in [0, 0.1) is 0 Å². The largest absolute Gasteiger partial charge is 0.464 e. The predicted octanol–water partition coefficient (Wildman–Crippen LogP) is 3.63. The van der Waals surface area contributed by atoms with Crippen LogP contribution >= 0.6 is 0 Å². The number of rotatable bonds is 6. The van der Waals surface area contributed by atoms with Crippen LogP contribution in [0.1, 0.15) is 45.2 Å². The minimum absolute atomic E-state index is 0.0528. The van der Waals surface area contributed by atoms with Gasteiger partial charge in [-0.25, -0.2) is 13.2 Å². The normalized spacial score (nSPS) is 15.2. The number of aromatic amines is 1. The molecule has 0 unspecified atom stereocenters. The molecule has 0 radical (unpaired) electrons. The lowest BCUT2D eigenvalue weighted by atomic mass is 9.88. The number of nitrogens with zero attached hydrogens (tertiary/aromatic N) is 2. The molecular weight excluding hydrogens is 492 g/mol. The van der Waals surface area contributed by atoms with Gasteiger partial charge in [-0.3, -0.25) is 4.79 Å². The molecule has 5 rings (SSSR count). The van der Waals surface area contributed by atoms with Crippen molar-refractivity contribution >= 4 is 32.8 Å². The lowest BCUT2D eigenvalue weighted by molar-refractivity contribution is 0.0588. The third-order valence-corrected chi connectivity index (χ3v) is 9.15. The number of sulfonamides is 1. The minimum Gasteiger partial charge on any atom is -0.464 e. The summed E-state index contributed by atoms with van der Waals surface area (Å²) >= 11 is 0. The molecule has 0 atom stereocenters. The van der Waals surface area contributed by atoms with Gasteiger partial charge >= 0.3 is 5.97 Å². The fourth-order valence-corrected chi connectivity index (χ4v) is 6.82. The Morgan fingerprint density at radius 2 is 1.73 bits per heavy atom. The van der Waals surface area contributed by atoms with E-state index in [1.807, 2.05) is 36.5 Å². The van der Waals surface area contributed by atoms with Crippen molar-refractivity contribution in [3.63, 3.8) is 0 Å². The summed E-state index contributed by atoms with van der Waals surface area (Å²) in [5.41, 5.74) is 9.92. The van der Waals surface area contributed by atoms with E-state index in [0.717, 1.165) is 22.1 Å². The van der Waals surface area contributed by atoms with E-state index in [1.165, 1.54) is 28.1 Å². The Hall–Kier alpha value is -3.89. The first-order valence-electron chi connectivity index (χ1n) is 12.0. The summed E-state index contributed by atoms with van der Waals surface area (Å²) < 4.78 is 34.3. The second-order valence-corrected chi connectivity index (χ2v) is 11.1. The van der Waals surface area contributed by atoms with E-state index < -0.39 is 21.9 Å². The molecule has 0 spiro atoms. The Balaban J connectivity index is 1.43. The van der Waals surface area contributed by atoms with Crippen LogP contribution in [-0.2, 0) is 21.8 Å². The van der Waals surface area contributed by atoms with Gasteiger partial charge in [-0.2, -0.15) is 4.31 Å². The van der Waals surface area contributed by atoms with Crippen molar-refractivity contribution in [2.24, 2.45) is 12.8 Å². The van der Waals surface area contributed by atoms with Gasteiger partial charge in [0.1, 0.15) is 5.69 Å². The summed E-state index contributed by atoms with van der Waals surface area (Å²) in [6.07, 6.45) is 3.13. The maximum absolute atomic E-state index is 13.4. The van der Waals surface area contributed by atoms with Gasteiger partial charge in [-0.15, -0.1) is 0 Å². The fraction of sp³-hybridized carbons (Fsp3) is 0.259. The van der Waals surface area contributed by atoms with Crippen LogP contribution in [0.5, 0.6) is 0 Å². The number of H-pyrrole nitrogens is 1. The molecule has 1 aliphatic rings. The fourth-order valence-electron chi connectivity index (χ4n) is 5.18. The summed E-state index contributed by atoms with van der Waals surface area (Å²) in [6, 6.07) is 16.5. The highest BCUT2D eigenvalue weighted by molar-refractivity contribution is 7.89. The molecule has 0 bridgehead atoms. The molecule has 9 nitrogen and oxygen atoms in total. The van der Waals surface area contributed by atoms with Crippen molar-refractivity contribution in [3.8, 4) is 11.1 Å². The molecule has 10 heteroatoms. The number of hydrogen-bond acceptors (Lipinski definition) is 5. The number of esters is 1. The third kappa shape index (κ3) is 4.32. The minimum atomic E-state index is -3.79. The first-order chi connectivity index (χ1) is 17.7. The van der Waals surface area contributed by atoms with E-state index in [2.05, 4.69) is 11.1 Å². The van der Waals surface area contributed by atoms with Crippen LogP contribution < -0.4 is 5.73 Å². The quantitative estimate of drug-likeness (QED) is 0.375. The molecule has 37 heavy (non-hydrogen) atoms. The number of carbonyl (C=O) groups excluding carboxylic acids is 2. The summed E-state index contributed by atoms with van der Waals surface area (Å²) in [4.78, 5) is 27.4. The highest BCUT2D eigenvalue weighted by Gasteiger charge is 2.33. The third-order valence-electron chi connectivity index (χ3n) is 7.16. The molecule has 3 N–H and O–H groups in total. The first-order valence-corrected chi connectivity index (χ1v) is 13.4. The van der Waals surface area contributed by atoms with Crippen molar-refractivity contribution in [1.82, 2.24) is 13.9 Å². The Bertz CT molecular complexity index is 1600. The molecule has 2 aromatic carbocycles. The average molecular weight is 521 g/mol. The number of primary amides is 1. The maximum Gasteiger partial charge on any atom is 0.354 e. The van der Waals surface area contributed by atoms with Gasteiger partial charge < -0.3 is 20.0 Å². The molecule has 1 fully saturated rings. The van der Waals surface area contributed by atoms with Crippen LogP contribution in [0.2, 0.25) is 0 Å². The van der Waals surface area contributed by atoms with Crippen LogP contribution in [0.15, 0.2) is 65.8 Å². The van der Waals surface area contributed by atoms with Gasteiger partial charge in [-0.1, -0.05) is 30.3 Å². The Morgan fingerprint density at radius 3 is 2.38 bits per heavy atom. The zero-order valence-corrected chi connectivity index (χ0v) is 21.4. The van der Waals surface area contributed by atoms with Crippen LogP contribution in [0.25, 0.3) is 22.0 Å². The monoisotopic (exact) mass is 520 g/mol. The van der Waals surface area contributed by atoms with E-state index in [4.69, 9.17) is 10.5 Å². The Kier molecular flexibility index (Phi) is 6.38. The lowest BCUT2D eigenvalue weighted by Crippen LogP contribution is -2.38. The molecule has 192 valence electrons. The van der Waals surface area contributed by atoms with Crippen molar-refractivity contribution in [1.29, 1.82) is 0 Å². The average Bonchev–Trinajstić information content (AvgIpc) is 3.52. The van der Waals surface area contributed by atoms with E-state index >= 15 is 0 Å². The molecule has 0 saturated carbocycles. The number of methoxy groups -OCH3 is 1. The van der Waals surface area contributed by atoms with E-state index in [1.54, 1.807) is 13.1 Å². The first kappa shape index (κ1) is 24.8. The zero-order valence-electron chi connectivity index (χ0n) is 20.6. The maximum atomic E-state index is 13.4. The standard InChI is InChI=1S/C27H28N4O5S/c1-30-23(27(33)36-2)8-9-24(30)37(34,35)31-12-10-18(11-13-31)22-16-29-25-20(22)14-19(15-21(25)26(28)32)17-6-4-3-5-7-17/h3-9,14-16,18,29H,10-13H2,1-2H3,(H2,28,32). The molecule has 4 aromatic rings. The second-order valence-electron chi connectivity index (χ2n) is 9.21. The van der Waals surface area contributed by atoms with E-state index in [-0.39, 0.29) is 16.6 Å². The van der Waals surface area contributed by atoms with Crippen LogP contribution in [-0.4, -0.2) is 54.3 Å². The van der Waals surface area contributed by atoms with Gasteiger partial charge in [0.2, 0.25) is 0 Å². The van der Waals surface area contributed by atoms with Crippen LogP contribution in [0.3, 0.4) is 0 Å². The summed E-state index contributed by atoms with van der Waals surface area (Å²) in [5.74, 6) is -0.996. The molecule has 3 heterocycles. The number of amides is 1. The van der Waals surface area contributed by atoms with Gasteiger partial charge in [0.05, 0.1) is 18.2 Å². The van der Waals surface area contributed by atoms with E-state index in [0.29, 0.717) is 37.0 Å². The highest BCUT2D eigenvalue weighted by Crippen LogP contribution is 2.37. The molecule has 1 amide bonds. The molecule has 2 aromatic heterocycles. The number of fused-ring (bicyclic) bond motifs is 1. The van der Waals surface area contributed by atoms with Gasteiger partial charge in [0.15, 0.2) is 5.03 Å². The lowest BCUT2D eigenvalue weighted by Gasteiger charge is -2.31. The second kappa shape index (κ2) is 9.53. The van der Waals surface area contributed by atoms with Crippen molar-refractivity contribution < 1.29 is 22.7 Å². The number of carbonyl (C=O) groups is 2. The number of benzene rings is 2. The van der Waals surface area contributed by atoms with Crippen LogP contribution in [0.4, 0.5) is 0 Å². The zero-order chi connectivity index (χ0) is 26.3. The number of piperidine rings is 1. The van der Waals surface area contributed by atoms with Gasteiger partial charge in [0.25, 0.3) is 15.9 Å². The van der Waals surface area contributed by atoms with Gasteiger partial charge in [-0.05, 0) is 59.7 Å². The number of aromatic nitrogens is 2. The van der Waals surface area contributed by atoms with Crippen molar-refractivity contribution in [3.05, 3.63) is 77.6 Å². The van der Waals surface area contributed by atoms with Crippen molar-refractivity contribution in [2.75, 3.05) is 20.2 Å². The summed E-state index contributed by atoms with van der Waals surface area (Å²) in [5, 5.41) is 0.971. The summed E-state index contributed by atoms with van der Waals surface area (Å²) in [6.45, 7) is 0.666. The molecule has 0 aliphatic carbocycles. The summed E-state index contributed by atoms with van der Waals surface area (Å²) in [7, 11) is -0.991. The number of nitrogens with one attached hydrogen (secondary N) is 1.